The zero-order chi connectivity index (χ0) is 15.4. The molecule has 0 unspecified atom stereocenters. The van der Waals surface area contributed by atoms with Gasteiger partial charge in [-0.25, -0.2) is 0 Å². The van der Waals surface area contributed by atoms with Crippen LogP contribution in [0.15, 0.2) is 22.5 Å². The maximum atomic E-state index is 12.1. The van der Waals surface area contributed by atoms with E-state index < -0.39 is 0 Å². The molecule has 1 aromatic heterocycles. The van der Waals surface area contributed by atoms with Gasteiger partial charge >= 0.3 is 0 Å². The maximum Gasteiger partial charge on any atom is 0.234 e. The van der Waals surface area contributed by atoms with Crippen LogP contribution in [0, 0.1) is 10.5 Å². The number of hydrogen-bond acceptors (Lipinski definition) is 5. The molecule has 1 heterocycles. The first-order valence-electron chi connectivity index (χ1n) is 6.48. The molecule has 0 saturated heterocycles. The molecule has 1 amide bonds. The van der Waals surface area contributed by atoms with Crippen LogP contribution in [0.1, 0.15) is 30.3 Å². The monoisotopic (exact) mass is 433 g/mol. The van der Waals surface area contributed by atoms with Gasteiger partial charge in [-0.3, -0.25) is 4.79 Å². The summed E-state index contributed by atoms with van der Waals surface area (Å²) in [6, 6.07) is 6.08. The van der Waals surface area contributed by atoms with Crippen molar-refractivity contribution in [3.05, 3.63) is 32.3 Å². The number of carbonyl (C=O) groups excluding carboxylic acids is 1. The number of nitrogens with one attached hydrogen (secondary N) is 1. The lowest BCUT2D eigenvalue weighted by Crippen LogP contribution is -2.15. The highest BCUT2D eigenvalue weighted by atomic mass is 127. The van der Waals surface area contributed by atoms with Crippen molar-refractivity contribution in [3.8, 4) is 0 Å². The van der Waals surface area contributed by atoms with E-state index in [1.165, 1.54) is 26.7 Å². The molecule has 2 rings (SSSR count). The molecule has 0 bridgehead atoms. The quantitative estimate of drug-likeness (QED) is 0.564. The van der Waals surface area contributed by atoms with Crippen molar-refractivity contribution in [1.82, 2.24) is 10.2 Å². The first kappa shape index (κ1) is 16.7. The number of amides is 1. The van der Waals surface area contributed by atoms with Gasteiger partial charge in [0.15, 0.2) is 4.34 Å². The van der Waals surface area contributed by atoms with Crippen molar-refractivity contribution in [2.45, 2.75) is 31.0 Å². The molecule has 0 saturated carbocycles. The second-order valence-corrected chi connectivity index (χ2v) is 8.46. The van der Waals surface area contributed by atoms with Gasteiger partial charge in [-0.1, -0.05) is 36.9 Å². The zero-order valence-corrected chi connectivity index (χ0v) is 15.8. The van der Waals surface area contributed by atoms with Crippen LogP contribution < -0.4 is 5.32 Å². The zero-order valence-electron chi connectivity index (χ0n) is 12.0. The summed E-state index contributed by atoms with van der Waals surface area (Å²) < 4.78 is 2.00. The molecule has 21 heavy (non-hydrogen) atoms. The van der Waals surface area contributed by atoms with Gasteiger partial charge in [0, 0.05) is 9.26 Å². The Morgan fingerprint density at radius 3 is 2.81 bits per heavy atom. The number of halogens is 1. The van der Waals surface area contributed by atoms with E-state index in [-0.39, 0.29) is 5.91 Å². The topological polar surface area (TPSA) is 54.9 Å². The summed E-state index contributed by atoms with van der Waals surface area (Å²) in [4.78, 5) is 12.1. The van der Waals surface area contributed by atoms with Gasteiger partial charge in [0.2, 0.25) is 5.91 Å². The Morgan fingerprint density at radius 1 is 1.43 bits per heavy atom. The number of carbonyl (C=O) groups is 1. The summed E-state index contributed by atoms with van der Waals surface area (Å²) in [5, 5.41) is 11.8. The Morgan fingerprint density at radius 2 is 2.19 bits per heavy atom. The molecule has 1 N–H and O–H groups in total. The summed E-state index contributed by atoms with van der Waals surface area (Å²) in [5.74, 6) is 0.697. The van der Waals surface area contributed by atoms with Crippen LogP contribution in [0.4, 0.5) is 5.69 Å². The summed E-state index contributed by atoms with van der Waals surface area (Å²) in [5.41, 5.74) is 2.05. The fourth-order valence-electron chi connectivity index (χ4n) is 1.78. The Balaban J connectivity index is 1.99. The predicted octanol–water partition coefficient (Wildman–Crippen LogP) is 4.31. The number of aromatic nitrogens is 2. The number of aryl methyl sites for hydroxylation is 1. The van der Waals surface area contributed by atoms with Gasteiger partial charge in [-0.2, -0.15) is 0 Å². The van der Waals surface area contributed by atoms with E-state index in [2.05, 4.69) is 58.0 Å². The largest absolute Gasteiger partial charge is 0.325 e. The fourth-order valence-corrected chi connectivity index (χ4v) is 3.91. The van der Waals surface area contributed by atoms with E-state index in [9.17, 15) is 4.79 Å². The van der Waals surface area contributed by atoms with Gasteiger partial charge in [0.25, 0.3) is 0 Å². The van der Waals surface area contributed by atoms with E-state index in [1.54, 1.807) is 0 Å². The maximum absolute atomic E-state index is 12.1. The molecule has 0 radical (unpaired) electrons. The second kappa shape index (κ2) is 7.55. The Labute approximate surface area is 146 Å². The number of rotatable bonds is 5. The summed E-state index contributed by atoms with van der Waals surface area (Å²) in [6.07, 6.45) is 0. The first-order valence-corrected chi connectivity index (χ1v) is 9.36. The smallest absolute Gasteiger partial charge is 0.234 e. The Bertz CT molecular complexity index is 643. The molecule has 0 spiro atoms. The molecule has 0 atom stereocenters. The molecule has 0 fully saturated rings. The molecule has 0 aliphatic carbocycles. The number of anilines is 1. The number of thioether (sulfide) groups is 1. The van der Waals surface area contributed by atoms with Crippen LogP contribution in [-0.2, 0) is 4.79 Å². The van der Waals surface area contributed by atoms with Gasteiger partial charge in [-0.05, 0) is 59.2 Å². The third-order valence-corrected chi connectivity index (χ3v) is 5.39. The SMILES string of the molecule is Cc1nnc(SCC(=O)Nc2ccc(I)cc2C(C)C)s1. The number of benzene rings is 1. The summed E-state index contributed by atoms with van der Waals surface area (Å²) >= 11 is 5.21. The van der Waals surface area contributed by atoms with Crippen molar-refractivity contribution in [3.63, 3.8) is 0 Å². The molecule has 0 aliphatic heterocycles. The third kappa shape index (κ3) is 4.93. The normalized spacial score (nSPS) is 10.9. The van der Waals surface area contributed by atoms with Crippen LogP contribution in [0.5, 0.6) is 0 Å². The van der Waals surface area contributed by atoms with Crippen molar-refractivity contribution in [1.29, 1.82) is 0 Å². The van der Waals surface area contributed by atoms with E-state index in [0.29, 0.717) is 11.7 Å². The van der Waals surface area contributed by atoms with Crippen LogP contribution in [0.3, 0.4) is 0 Å². The Kier molecular flexibility index (Phi) is 6.00. The molecular weight excluding hydrogens is 417 g/mol. The summed E-state index contributed by atoms with van der Waals surface area (Å²) in [7, 11) is 0. The average molecular weight is 433 g/mol. The highest BCUT2D eigenvalue weighted by Crippen LogP contribution is 2.27. The van der Waals surface area contributed by atoms with Gasteiger partial charge in [0.1, 0.15) is 5.01 Å². The molecule has 1 aromatic carbocycles. The van der Waals surface area contributed by atoms with Crippen molar-refractivity contribution in [2.75, 3.05) is 11.1 Å². The fraction of sp³-hybridized carbons (Fsp3) is 0.357. The molecule has 0 aliphatic rings. The van der Waals surface area contributed by atoms with Crippen molar-refractivity contribution >= 4 is 57.3 Å². The highest BCUT2D eigenvalue weighted by molar-refractivity contribution is 14.1. The molecule has 112 valence electrons. The van der Waals surface area contributed by atoms with E-state index in [4.69, 9.17) is 0 Å². The van der Waals surface area contributed by atoms with Crippen molar-refractivity contribution in [2.24, 2.45) is 0 Å². The van der Waals surface area contributed by atoms with E-state index in [1.807, 2.05) is 19.1 Å². The standard InChI is InChI=1S/C14H16IN3OS2/c1-8(2)11-6-10(15)4-5-12(11)16-13(19)7-20-14-18-17-9(3)21-14/h4-6,8H,7H2,1-3H3,(H,16,19). The van der Waals surface area contributed by atoms with Crippen LogP contribution in [0.25, 0.3) is 0 Å². The van der Waals surface area contributed by atoms with Gasteiger partial charge in [0.05, 0.1) is 5.75 Å². The van der Waals surface area contributed by atoms with E-state index >= 15 is 0 Å². The molecule has 4 nitrogen and oxygen atoms in total. The van der Waals surface area contributed by atoms with Crippen molar-refractivity contribution < 1.29 is 4.79 Å². The number of hydrogen-bond donors (Lipinski definition) is 1. The highest BCUT2D eigenvalue weighted by Gasteiger charge is 2.11. The second-order valence-electron chi connectivity index (χ2n) is 4.81. The van der Waals surface area contributed by atoms with Gasteiger partial charge < -0.3 is 5.32 Å². The lowest BCUT2D eigenvalue weighted by Gasteiger charge is -2.14. The average Bonchev–Trinajstić information content (AvgIpc) is 2.84. The molecule has 7 heteroatoms. The predicted molar refractivity (Wildman–Crippen MR) is 97.2 cm³/mol. The minimum absolute atomic E-state index is 0.0176. The molecule has 2 aromatic rings. The Hall–Kier alpha value is -0.670. The molecular formula is C14H16IN3OS2. The lowest BCUT2D eigenvalue weighted by molar-refractivity contribution is -0.113. The van der Waals surface area contributed by atoms with E-state index in [0.717, 1.165) is 20.6 Å². The van der Waals surface area contributed by atoms with Crippen LogP contribution >= 0.6 is 45.7 Å². The lowest BCUT2D eigenvalue weighted by atomic mass is 10.0. The van der Waals surface area contributed by atoms with Gasteiger partial charge in [-0.15, -0.1) is 10.2 Å². The number of nitrogens with zero attached hydrogens (tertiary/aromatic N) is 2. The minimum atomic E-state index is -0.0176. The third-order valence-electron chi connectivity index (χ3n) is 2.74. The van der Waals surface area contributed by atoms with Crippen LogP contribution in [-0.4, -0.2) is 21.9 Å². The van der Waals surface area contributed by atoms with Crippen LogP contribution in [0.2, 0.25) is 0 Å². The minimum Gasteiger partial charge on any atom is -0.325 e. The summed E-state index contributed by atoms with van der Waals surface area (Å²) in [6.45, 7) is 6.15. The first-order chi connectivity index (χ1) is 9.95.